The third-order valence-corrected chi connectivity index (χ3v) is 5.63. The summed E-state index contributed by atoms with van der Waals surface area (Å²) in [5.74, 6) is 0.738. The third kappa shape index (κ3) is 3.92. The first-order valence-electron chi connectivity index (χ1n) is 7.41. The standard InChI is InChI=1S/C18H23NO3S/c1-13-6-7-14(2)17(12-13)23(20,21)19-18(3,4)15-8-10-16(22-5)11-9-15/h6-12,19H,1-5H3. The van der Waals surface area contributed by atoms with Gasteiger partial charge in [0.2, 0.25) is 10.0 Å². The van der Waals surface area contributed by atoms with E-state index >= 15 is 0 Å². The van der Waals surface area contributed by atoms with E-state index in [9.17, 15) is 8.42 Å². The number of sulfonamides is 1. The molecular formula is C18H23NO3S. The Morgan fingerprint density at radius 1 is 1.00 bits per heavy atom. The third-order valence-electron chi connectivity index (χ3n) is 3.83. The molecular weight excluding hydrogens is 310 g/mol. The highest BCUT2D eigenvalue weighted by molar-refractivity contribution is 7.89. The van der Waals surface area contributed by atoms with E-state index in [1.54, 1.807) is 20.1 Å². The highest BCUT2D eigenvalue weighted by Crippen LogP contribution is 2.26. The van der Waals surface area contributed by atoms with Crippen molar-refractivity contribution < 1.29 is 13.2 Å². The van der Waals surface area contributed by atoms with Crippen LogP contribution in [0.15, 0.2) is 47.4 Å². The molecule has 2 rings (SSSR count). The van der Waals surface area contributed by atoms with Crippen LogP contribution in [0.3, 0.4) is 0 Å². The molecule has 0 unspecified atom stereocenters. The van der Waals surface area contributed by atoms with Crippen molar-refractivity contribution in [2.45, 2.75) is 38.1 Å². The molecule has 0 fully saturated rings. The lowest BCUT2D eigenvalue weighted by molar-refractivity contribution is 0.413. The molecule has 0 saturated heterocycles. The van der Waals surface area contributed by atoms with Crippen molar-refractivity contribution in [2.75, 3.05) is 7.11 Å². The van der Waals surface area contributed by atoms with E-state index in [4.69, 9.17) is 4.74 Å². The van der Waals surface area contributed by atoms with Crippen molar-refractivity contribution in [3.63, 3.8) is 0 Å². The van der Waals surface area contributed by atoms with Crippen LogP contribution in [0.1, 0.15) is 30.5 Å². The lowest BCUT2D eigenvalue weighted by Gasteiger charge is -2.27. The number of ether oxygens (including phenoxy) is 1. The van der Waals surface area contributed by atoms with Gasteiger partial charge in [-0.05, 0) is 62.6 Å². The van der Waals surface area contributed by atoms with Gasteiger partial charge in [-0.2, -0.15) is 0 Å². The molecule has 0 aliphatic carbocycles. The largest absolute Gasteiger partial charge is 0.497 e. The molecule has 0 bridgehead atoms. The fourth-order valence-electron chi connectivity index (χ4n) is 2.45. The first-order chi connectivity index (χ1) is 10.7. The maximum Gasteiger partial charge on any atom is 0.241 e. The maximum atomic E-state index is 12.8. The number of methoxy groups -OCH3 is 1. The average molecular weight is 333 g/mol. The minimum absolute atomic E-state index is 0.319. The molecule has 0 radical (unpaired) electrons. The van der Waals surface area contributed by atoms with Crippen LogP contribution < -0.4 is 9.46 Å². The van der Waals surface area contributed by atoms with Gasteiger partial charge in [0, 0.05) is 0 Å². The number of benzene rings is 2. The maximum absolute atomic E-state index is 12.8. The quantitative estimate of drug-likeness (QED) is 0.911. The SMILES string of the molecule is COc1ccc(C(C)(C)NS(=O)(=O)c2cc(C)ccc2C)cc1. The molecule has 23 heavy (non-hydrogen) atoms. The predicted octanol–water partition coefficient (Wildman–Crippen LogP) is 3.53. The van der Waals surface area contributed by atoms with E-state index in [1.807, 2.05) is 57.2 Å². The van der Waals surface area contributed by atoms with E-state index in [-0.39, 0.29) is 0 Å². The Morgan fingerprint density at radius 2 is 1.61 bits per heavy atom. The van der Waals surface area contributed by atoms with Gasteiger partial charge in [0.15, 0.2) is 0 Å². The van der Waals surface area contributed by atoms with Crippen molar-refractivity contribution in [1.82, 2.24) is 4.72 Å². The Hall–Kier alpha value is -1.85. The van der Waals surface area contributed by atoms with Crippen LogP contribution in [0.2, 0.25) is 0 Å². The molecule has 0 aliphatic heterocycles. The second kappa shape index (κ2) is 6.34. The molecule has 0 amide bonds. The van der Waals surface area contributed by atoms with Crippen LogP contribution in [0.4, 0.5) is 0 Å². The summed E-state index contributed by atoms with van der Waals surface area (Å²) in [6.07, 6.45) is 0. The van der Waals surface area contributed by atoms with Crippen LogP contribution in [-0.4, -0.2) is 15.5 Å². The van der Waals surface area contributed by atoms with E-state index in [2.05, 4.69) is 4.72 Å². The number of nitrogens with one attached hydrogen (secondary N) is 1. The number of hydrogen-bond acceptors (Lipinski definition) is 3. The monoisotopic (exact) mass is 333 g/mol. The molecule has 124 valence electrons. The van der Waals surface area contributed by atoms with Crippen LogP contribution in [0.5, 0.6) is 5.75 Å². The van der Waals surface area contributed by atoms with Gasteiger partial charge in [0.25, 0.3) is 0 Å². The van der Waals surface area contributed by atoms with Crippen molar-refractivity contribution in [3.05, 3.63) is 59.2 Å². The Bertz CT molecular complexity index is 794. The molecule has 4 nitrogen and oxygen atoms in total. The fourth-order valence-corrected chi connectivity index (χ4v) is 4.19. The van der Waals surface area contributed by atoms with Gasteiger partial charge in [-0.15, -0.1) is 0 Å². The highest BCUT2D eigenvalue weighted by Gasteiger charge is 2.28. The van der Waals surface area contributed by atoms with Crippen molar-refractivity contribution >= 4 is 10.0 Å². The van der Waals surface area contributed by atoms with Crippen molar-refractivity contribution in [3.8, 4) is 5.75 Å². The average Bonchev–Trinajstić information content (AvgIpc) is 2.48. The Balaban J connectivity index is 2.35. The van der Waals surface area contributed by atoms with Crippen LogP contribution in [0.25, 0.3) is 0 Å². The minimum atomic E-state index is -3.62. The summed E-state index contributed by atoms with van der Waals surface area (Å²) in [5, 5.41) is 0. The van der Waals surface area contributed by atoms with E-state index in [1.165, 1.54) is 0 Å². The Kier molecular flexibility index (Phi) is 4.82. The summed E-state index contributed by atoms with van der Waals surface area (Å²) in [5.41, 5.74) is 1.78. The van der Waals surface area contributed by atoms with Gasteiger partial charge in [-0.25, -0.2) is 13.1 Å². The summed E-state index contributed by atoms with van der Waals surface area (Å²) in [4.78, 5) is 0.319. The Morgan fingerprint density at radius 3 is 2.17 bits per heavy atom. The summed E-state index contributed by atoms with van der Waals surface area (Å²) in [6, 6.07) is 12.8. The van der Waals surface area contributed by atoms with E-state index in [0.717, 1.165) is 22.4 Å². The van der Waals surface area contributed by atoms with Gasteiger partial charge in [0.1, 0.15) is 5.75 Å². The topological polar surface area (TPSA) is 55.4 Å². The Labute approximate surface area is 138 Å². The zero-order chi connectivity index (χ0) is 17.3. The van der Waals surface area contributed by atoms with Crippen molar-refractivity contribution in [2.24, 2.45) is 0 Å². The smallest absolute Gasteiger partial charge is 0.241 e. The second-order valence-electron chi connectivity index (χ2n) is 6.23. The number of hydrogen-bond donors (Lipinski definition) is 1. The summed E-state index contributed by atoms with van der Waals surface area (Å²) in [7, 11) is -2.02. The predicted molar refractivity (Wildman–Crippen MR) is 92.3 cm³/mol. The summed E-state index contributed by atoms with van der Waals surface area (Å²) < 4.78 is 33.5. The van der Waals surface area contributed by atoms with Crippen LogP contribution in [-0.2, 0) is 15.6 Å². The first kappa shape index (κ1) is 17.5. The fraction of sp³-hybridized carbons (Fsp3) is 0.333. The van der Waals surface area contributed by atoms with Crippen LogP contribution >= 0.6 is 0 Å². The van der Waals surface area contributed by atoms with Gasteiger partial charge < -0.3 is 4.74 Å². The van der Waals surface area contributed by atoms with Gasteiger partial charge in [-0.3, -0.25) is 0 Å². The first-order valence-corrected chi connectivity index (χ1v) is 8.90. The molecule has 2 aromatic carbocycles. The molecule has 0 spiro atoms. The van der Waals surface area contributed by atoms with E-state index < -0.39 is 15.6 Å². The normalized spacial score (nSPS) is 12.2. The zero-order valence-corrected chi connectivity index (χ0v) is 15.0. The van der Waals surface area contributed by atoms with Gasteiger partial charge in [0.05, 0.1) is 17.5 Å². The van der Waals surface area contributed by atoms with E-state index in [0.29, 0.717) is 4.90 Å². The van der Waals surface area contributed by atoms with Crippen molar-refractivity contribution in [1.29, 1.82) is 0 Å². The van der Waals surface area contributed by atoms with Gasteiger partial charge in [-0.1, -0.05) is 24.3 Å². The minimum Gasteiger partial charge on any atom is -0.497 e. The lowest BCUT2D eigenvalue weighted by Crippen LogP contribution is -2.41. The highest BCUT2D eigenvalue weighted by atomic mass is 32.2. The van der Waals surface area contributed by atoms with Gasteiger partial charge >= 0.3 is 0 Å². The molecule has 0 aromatic heterocycles. The molecule has 0 atom stereocenters. The molecule has 2 aromatic rings. The molecule has 0 aliphatic rings. The molecule has 5 heteroatoms. The zero-order valence-electron chi connectivity index (χ0n) is 14.2. The molecule has 0 saturated carbocycles. The second-order valence-corrected chi connectivity index (χ2v) is 7.88. The van der Waals surface area contributed by atoms with Crippen LogP contribution in [0, 0.1) is 13.8 Å². The summed E-state index contributed by atoms with van der Waals surface area (Å²) in [6.45, 7) is 7.37. The molecule has 1 N–H and O–H groups in total. The lowest BCUT2D eigenvalue weighted by atomic mass is 9.96. The number of aryl methyl sites for hydroxylation is 2. The number of rotatable bonds is 5. The summed E-state index contributed by atoms with van der Waals surface area (Å²) >= 11 is 0. The molecule has 0 heterocycles.